The van der Waals surface area contributed by atoms with Gasteiger partial charge in [0.1, 0.15) is 5.37 Å². The highest BCUT2D eigenvalue weighted by Crippen LogP contribution is 2.42. The number of carbonyl (C=O) groups is 1. The molecule has 2 aromatic carbocycles. The minimum absolute atomic E-state index is 0.163. The third kappa shape index (κ3) is 3.34. The zero-order chi connectivity index (χ0) is 18.1. The van der Waals surface area contributed by atoms with Crippen LogP contribution in [0.5, 0.6) is 0 Å². The molecular formula is C19H14Cl2N2O2S. The number of hydrogen-bond acceptors (Lipinski definition) is 4. The molecule has 0 N–H and O–H groups in total. The molecule has 1 amide bonds. The molecule has 2 heterocycles. The molecule has 132 valence electrons. The minimum atomic E-state index is -0.169. The molecule has 4 rings (SSSR count). The van der Waals surface area contributed by atoms with E-state index in [2.05, 4.69) is 5.16 Å². The standard InChI is InChI=1S/C19H14Cl2N2O2S/c20-13-6-7-14(15(21)10-13)19-23(8-9-26-19)18(24)16-11-17(25-22-16)12-4-2-1-3-5-12/h1-7,10-11,19H,8-9H2. The smallest absolute Gasteiger partial charge is 0.277 e. The van der Waals surface area contributed by atoms with Crippen molar-refractivity contribution in [2.75, 3.05) is 12.3 Å². The number of nitrogens with zero attached hydrogens (tertiary/aromatic N) is 2. The maximum atomic E-state index is 13.0. The number of rotatable bonds is 3. The molecule has 1 aliphatic heterocycles. The van der Waals surface area contributed by atoms with Gasteiger partial charge in [0.15, 0.2) is 11.5 Å². The molecular weight excluding hydrogens is 391 g/mol. The summed E-state index contributed by atoms with van der Waals surface area (Å²) in [5, 5.41) is 4.94. The Morgan fingerprint density at radius 3 is 2.73 bits per heavy atom. The Labute approximate surface area is 165 Å². The first kappa shape index (κ1) is 17.5. The highest BCUT2D eigenvalue weighted by Gasteiger charge is 2.34. The molecule has 0 saturated carbocycles. The molecule has 0 bridgehead atoms. The number of thioether (sulfide) groups is 1. The van der Waals surface area contributed by atoms with Crippen molar-refractivity contribution in [2.24, 2.45) is 0 Å². The van der Waals surface area contributed by atoms with E-state index in [0.717, 1.165) is 16.9 Å². The third-order valence-corrected chi connectivity index (χ3v) is 5.97. The fourth-order valence-corrected chi connectivity index (χ4v) is 4.77. The van der Waals surface area contributed by atoms with E-state index in [1.54, 1.807) is 34.9 Å². The van der Waals surface area contributed by atoms with Gasteiger partial charge in [0.25, 0.3) is 5.91 Å². The van der Waals surface area contributed by atoms with Gasteiger partial charge in [-0.1, -0.05) is 64.8 Å². The number of halogens is 2. The number of amides is 1. The van der Waals surface area contributed by atoms with Gasteiger partial charge in [0.05, 0.1) is 0 Å². The van der Waals surface area contributed by atoms with Crippen LogP contribution < -0.4 is 0 Å². The zero-order valence-electron chi connectivity index (χ0n) is 13.6. The van der Waals surface area contributed by atoms with Crippen molar-refractivity contribution in [3.8, 4) is 11.3 Å². The first-order chi connectivity index (χ1) is 12.6. The monoisotopic (exact) mass is 404 g/mol. The Bertz CT molecular complexity index is 946. The van der Waals surface area contributed by atoms with Crippen LogP contribution in [0.3, 0.4) is 0 Å². The Morgan fingerprint density at radius 1 is 1.15 bits per heavy atom. The number of aromatic nitrogens is 1. The zero-order valence-corrected chi connectivity index (χ0v) is 15.9. The summed E-state index contributed by atoms with van der Waals surface area (Å²) in [7, 11) is 0. The minimum Gasteiger partial charge on any atom is -0.355 e. The van der Waals surface area contributed by atoms with Crippen molar-refractivity contribution >= 4 is 40.9 Å². The summed E-state index contributed by atoms with van der Waals surface area (Å²) in [6.45, 7) is 0.626. The topological polar surface area (TPSA) is 46.3 Å². The van der Waals surface area contributed by atoms with Crippen LogP contribution >= 0.6 is 35.0 Å². The number of hydrogen-bond donors (Lipinski definition) is 0. The van der Waals surface area contributed by atoms with Crippen molar-refractivity contribution < 1.29 is 9.32 Å². The van der Waals surface area contributed by atoms with E-state index >= 15 is 0 Å². The van der Waals surface area contributed by atoms with Gasteiger partial charge < -0.3 is 9.42 Å². The van der Waals surface area contributed by atoms with E-state index in [9.17, 15) is 4.79 Å². The summed E-state index contributed by atoms with van der Waals surface area (Å²) in [6.07, 6.45) is 0. The van der Waals surface area contributed by atoms with Gasteiger partial charge in [-0.25, -0.2) is 0 Å². The molecule has 26 heavy (non-hydrogen) atoms. The maximum Gasteiger partial charge on any atom is 0.277 e. The molecule has 1 aliphatic rings. The average molecular weight is 405 g/mol. The third-order valence-electron chi connectivity index (χ3n) is 4.17. The van der Waals surface area contributed by atoms with E-state index in [1.165, 1.54) is 0 Å². The second-order valence-electron chi connectivity index (χ2n) is 5.83. The van der Waals surface area contributed by atoms with Gasteiger partial charge in [-0.3, -0.25) is 4.79 Å². The van der Waals surface area contributed by atoms with E-state index < -0.39 is 0 Å². The van der Waals surface area contributed by atoms with E-state index in [-0.39, 0.29) is 11.3 Å². The van der Waals surface area contributed by atoms with Gasteiger partial charge in [0.2, 0.25) is 0 Å². The van der Waals surface area contributed by atoms with Crippen molar-refractivity contribution in [3.05, 3.63) is 75.9 Å². The van der Waals surface area contributed by atoms with Crippen LogP contribution in [0.2, 0.25) is 10.0 Å². The lowest BCUT2D eigenvalue weighted by molar-refractivity contribution is 0.0750. The molecule has 3 aromatic rings. The lowest BCUT2D eigenvalue weighted by atomic mass is 10.1. The molecule has 1 atom stereocenters. The lowest BCUT2D eigenvalue weighted by Gasteiger charge is -2.24. The summed E-state index contributed by atoms with van der Waals surface area (Å²) in [4.78, 5) is 14.7. The first-order valence-corrected chi connectivity index (χ1v) is 9.83. The summed E-state index contributed by atoms with van der Waals surface area (Å²) in [6, 6.07) is 16.6. The predicted octanol–water partition coefficient (Wildman–Crippen LogP) is 5.54. The Kier molecular flexibility index (Phi) is 4.94. The van der Waals surface area contributed by atoms with Gasteiger partial charge in [-0.2, -0.15) is 0 Å². The lowest BCUT2D eigenvalue weighted by Crippen LogP contribution is -2.30. The van der Waals surface area contributed by atoms with Gasteiger partial charge in [0, 0.05) is 39.5 Å². The van der Waals surface area contributed by atoms with Crippen LogP contribution in [0.4, 0.5) is 0 Å². The molecule has 7 heteroatoms. The van der Waals surface area contributed by atoms with Crippen molar-refractivity contribution in [3.63, 3.8) is 0 Å². The second-order valence-corrected chi connectivity index (χ2v) is 7.86. The Hall–Kier alpha value is -1.95. The fourth-order valence-electron chi connectivity index (χ4n) is 2.90. The SMILES string of the molecule is O=C(c1cc(-c2ccccc2)on1)N1CCSC1c1ccc(Cl)cc1Cl. The van der Waals surface area contributed by atoms with Crippen LogP contribution in [0.1, 0.15) is 21.4 Å². The van der Waals surface area contributed by atoms with Crippen LogP contribution in [0.25, 0.3) is 11.3 Å². The first-order valence-electron chi connectivity index (χ1n) is 8.03. The molecule has 0 spiro atoms. The van der Waals surface area contributed by atoms with Gasteiger partial charge in [-0.05, 0) is 12.1 Å². The second kappa shape index (κ2) is 7.35. The summed E-state index contributed by atoms with van der Waals surface area (Å²) >= 11 is 14.0. The maximum absolute atomic E-state index is 13.0. The van der Waals surface area contributed by atoms with Crippen LogP contribution in [0, 0.1) is 0 Å². The number of benzene rings is 2. The predicted molar refractivity (Wildman–Crippen MR) is 105 cm³/mol. The molecule has 1 saturated heterocycles. The molecule has 4 nitrogen and oxygen atoms in total. The van der Waals surface area contributed by atoms with Crippen LogP contribution in [-0.4, -0.2) is 28.3 Å². The highest BCUT2D eigenvalue weighted by atomic mass is 35.5. The molecule has 0 radical (unpaired) electrons. The summed E-state index contributed by atoms with van der Waals surface area (Å²) in [5.41, 5.74) is 2.05. The highest BCUT2D eigenvalue weighted by molar-refractivity contribution is 7.99. The Morgan fingerprint density at radius 2 is 1.96 bits per heavy atom. The van der Waals surface area contributed by atoms with Crippen LogP contribution in [-0.2, 0) is 0 Å². The molecule has 0 aliphatic carbocycles. The Balaban J connectivity index is 1.60. The largest absolute Gasteiger partial charge is 0.355 e. The quantitative estimate of drug-likeness (QED) is 0.574. The van der Waals surface area contributed by atoms with Crippen molar-refractivity contribution in [1.29, 1.82) is 0 Å². The van der Waals surface area contributed by atoms with Gasteiger partial charge in [-0.15, -0.1) is 11.8 Å². The number of carbonyl (C=O) groups excluding carboxylic acids is 1. The van der Waals surface area contributed by atoms with Crippen molar-refractivity contribution in [2.45, 2.75) is 5.37 Å². The van der Waals surface area contributed by atoms with E-state index in [4.69, 9.17) is 27.7 Å². The molecule has 1 unspecified atom stereocenters. The molecule has 1 aromatic heterocycles. The summed E-state index contributed by atoms with van der Waals surface area (Å²) < 4.78 is 5.36. The average Bonchev–Trinajstić information content (AvgIpc) is 3.32. The normalized spacial score (nSPS) is 16.8. The van der Waals surface area contributed by atoms with Crippen LogP contribution in [0.15, 0.2) is 59.1 Å². The fraction of sp³-hybridized carbons (Fsp3) is 0.158. The van der Waals surface area contributed by atoms with E-state index in [0.29, 0.717) is 28.0 Å². The van der Waals surface area contributed by atoms with E-state index in [1.807, 2.05) is 36.4 Å². The molecule has 1 fully saturated rings. The van der Waals surface area contributed by atoms with Gasteiger partial charge >= 0.3 is 0 Å². The summed E-state index contributed by atoms with van der Waals surface area (Å²) in [5.74, 6) is 1.23. The van der Waals surface area contributed by atoms with Crippen molar-refractivity contribution in [1.82, 2.24) is 10.1 Å².